The Morgan fingerprint density at radius 1 is 0.794 bits per heavy atom. The monoisotopic (exact) mass is 468 g/mol. The number of quaternary nitrogens is 1. The molecule has 188 valence electrons. The molecule has 0 unspecified atom stereocenters. The van der Waals surface area contributed by atoms with Crippen LogP contribution in [0.25, 0.3) is 0 Å². The second-order valence-electron chi connectivity index (χ2n) is 9.95. The number of benzene rings is 2. The first kappa shape index (κ1) is 27.9. The number of unbranched alkanes of at least 4 members (excludes halogenated alkanes) is 5. The quantitative estimate of drug-likeness (QED) is 0.135. The van der Waals surface area contributed by atoms with Crippen molar-refractivity contribution in [1.82, 2.24) is 0 Å². The average Bonchev–Trinajstić information content (AvgIpc) is 2.82. The van der Waals surface area contributed by atoms with E-state index in [0.29, 0.717) is 26.1 Å². The van der Waals surface area contributed by atoms with E-state index in [2.05, 4.69) is 57.4 Å². The lowest BCUT2D eigenvalue weighted by Crippen LogP contribution is -2.39. The molecular weight excluding hydrogens is 422 g/mol. The summed E-state index contributed by atoms with van der Waals surface area (Å²) >= 11 is 0. The Balaban J connectivity index is 1.56. The average molecular weight is 469 g/mol. The maximum absolute atomic E-state index is 12.1. The Kier molecular flexibility index (Phi) is 13.4. The van der Waals surface area contributed by atoms with Crippen LogP contribution in [-0.4, -0.2) is 44.3 Å². The minimum atomic E-state index is -0.108. The lowest BCUT2D eigenvalue weighted by molar-refractivity contribution is -0.903. The summed E-state index contributed by atoms with van der Waals surface area (Å²) in [5.74, 6) is 0.865. The molecule has 2 rings (SSSR count). The van der Waals surface area contributed by atoms with E-state index in [1.165, 1.54) is 49.7 Å². The lowest BCUT2D eigenvalue weighted by Gasteiger charge is -2.29. The van der Waals surface area contributed by atoms with Crippen molar-refractivity contribution < 1.29 is 18.8 Å². The van der Waals surface area contributed by atoms with Gasteiger partial charge in [-0.05, 0) is 24.5 Å². The number of aryl methyl sites for hydroxylation is 1. The number of hydrogen-bond acceptors (Lipinski definition) is 3. The molecular formula is C30H46NO3+. The van der Waals surface area contributed by atoms with Crippen LogP contribution in [0.4, 0.5) is 0 Å². The van der Waals surface area contributed by atoms with Crippen molar-refractivity contribution in [2.45, 2.75) is 77.7 Å². The molecule has 0 aliphatic heterocycles. The fourth-order valence-corrected chi connectivity index (χ4v) is 4.25. The molecule has 0 aromatic heterocycles. The summed E-state index contributed by atoms with van der Waals surface area (Å²) in [6.07, 6.45) is 10.9. The van der Waals surface area contributed by atoms with Gasteiger partial charge in [-0.2, -0.15) is 0 Å². The maximum atomic E-state index is 12.1. The number of para-hydroxylation sites is 1. The van der Waals surface area contributed by atoms with Crippen LogP contribution < -0.4 is 4.74 Å². The zero-order valence-electron chi connectivity index (χ0n) is 21.8. The fourth-order valence-electron chi connectivity index (χ4n) is 4.25. The fraction of sp³-hybridized carbons (Fsp3) is 0.567. The molecule has 0 radical (unpaired) electrons. The van der Waals surface area contributed by atoms with Gasteiger partial charge in [-0.25, -0.2) is 0 Å². The van der Waals surface area contributed by atoms with E-state index >= 15 is 0 Å². The Hall–Kier alpha value is -2.33. The van der Waals surface area contributed by atoms with Crippen LogP contribution in [0, 0.1) is 0 Å². The number of ether oxygens (including phenoxy) is 2. The van der Waals surface area contributed by atoms with Crippen molar-refractivity contribution in [3.63, 3.8) is 0 Å². The summed E-state index contributed by atoms with van der Waals surface area (Å²) in [4.78, 5) is 12.1. The summed E-state index contributed by atoms with van der Waals surface area (Å²) in [6, 6.07) is 18.8. The van der Waals surface area contributed by atoms with Crippen molar-refractivity contribution >= 4 is 5.97 Å². The van der Waals surface area contributed by atoms with E-state index in [1.807, 2.05) is 18.2 Å². The van der Waals surface area contributed by atoms with Crippen LogP contribution in [0.15, 0.2) is 54.6 Å². The van der Waals surface area contributed by atoms with Crippen LogP contribution in [-0.2, 0) is 22.5 Å². The van der Waals surface area contributed by atoms with Crippen LogP contribution in [0.5, 0.6) is 5.75 Å². The largest absolute Gasteiger partial charge is 0.493 e. The SMILES string of the molecule is CCCCCCCCc1ccccc1OCCCOC(=O)CCC[N+](C)(C)Cc1ccccc1. The first-order valence-electron chi connectivity index (χ1n) is 13.2. The van der Waals surface area contributed by atoms with Crippen molar-refractivity contribution in [3.05, 3.63) is 65.7 Å². The van der Waals surface area contributed by atoms with Gasteiger partial charge in [0.05, 0.1) is 40.3 Å². The third kappa shape index (κ3) is 12.2. The number of carbonyl (C=O) groups is 1. The summed E-state index contributed by atoms with van der Waals surface area (Å²) in [7, 11) is 4.42. The van der Waals surface area contributed by atoms with Crippen molar-refractivity contribution in [2.75, 3.05) is 33.9 Å². The number of esters is 1. The predicted octanol–water partition coefficient (Wildman–Crippen LogP) is 6.96. The molecule has 0 heterocycles. The smallest absolute Gasteiger partial charge is 0.306 e. The highest BCUT2D eigenvalue weighted by Crippen LogP contribution is 2.21. The van der Waals surface area contributed by atoms with Crippen LogP contribution in [0.2, 0.25) is 0 Å². The highest BCUT2D eigenvalue weighted by atomic mass is 16.5. The first-order valence-corrected chi connectivity index (χ1v) is 13.2. The third-order valence-corrected chi connectivity index (χ3v) is 6.18. The first-order chi connectivity index (χ1) is 16.5. The Labute approximate surface area is 207 Å². The third-order valence-electron chi connectivity index (χ3n) is 6.18. The topological polar surface area (TPSA) is 35.5 Å². The van der Waals surface area contributed by atoms with E-state index in [-0.39, 0.29) is 5.97 Å². The van der Waals surface area contributed by atoms with E-state index < -0.39 is 0 Å². The Morgan fingerprint density at radius 3 is 2.29 bits per heavy atom. The molecule has 4 nitrogen and oxygen atoms in total. The summed E-state index contributed by atoms with van der Waals surface area (Å²) < 4.78 is 12.3. The Morgan fingerprint density at radius 2 is 1.50 bits per heavy atom. The lowest BCUT2D eigenvalue weighted by atomic mass is 10.0. The van der Waals surface area contributed by atoms with Gasteiger partial charge in [0.2, 0.25) is 0 Å². The number of carbonyl (C=O) groups excluding carboxylic acids is 1. The van der Waals surface area contributed by atoms with E-state index in [0.717, 1.165) is 36.2 Å². The molecule has 0 amide bonds. The zero-order valence-corrected chi connectivity index (χ0v) is 21.8. The van der Waals surface area contributed by atoms with Gasteiger partial charge in [0.1, 0.15) is 12.3 Å². The van der Waals surface area contributed by atoms with Gasteiger partial charge < -0.3 is 14.0 Å². The molecule has 0 N–H and O–H groups in total. The van der Waals surface area contributed by atoms with Gasteiger partial charge in [-0.1, -0.05) is 87.6 Å². The number of nitrogens with zero attached hydrogens (tertiary/aromatic N) is 1. The number of hydrogen-bond donors (Lipinski definition) is 0. The molecule has 0 fully saturated rings. The molecule has 0 aliphatic carbocycles. The van der Waals surface area contributed by atoms with E-state index in [1.54, 1.807) is 0 Å². The van der Waals surface area contributed by atoms with Crippen LogP contribution in [0.1, 0.15) is 75.8 Å². The molecule has 2 aromatic rings. The van der Waals surface area contributed by atoms with Gasteiger partial charge in [0.25, 0.3) is 0 Å². The van der Waals surface area contributed by atoms with Crippen molar-refractivity contribution in [3.8, 4) is 5.75 Å². The minimum Gasteiger partial charge on any atom is -0.493 e. The Bertz CT molecular complexity index is 804. The van der Waals surface area contributed by atoms with Crippen LogP contribution >= 0.6 is 0 Å². The van der Waals surface area contributed by atoms with Crippen molar-refractivity contribution in [2.24, 2.45) is 0 Å². The van der Waals surface area contributed by atoms with Gasteiger partial charge in [0, 0.05) is 18.4 Å². The second-order valence-corrected chi connectivity index (χ2v) is 9.95. The molecule has 4 heteroatoms. The highest BCUT2D eigenvalue weighted by molar-refractivity contribution is 5.69. The summed E-state index contributed by atoms with van der Waals surface area (Å²) in [5.41, 5.74) is 2.61. The van der Waals surface area contributed by atoms with E-state index in [4.69, 9.17) is 9.47 Å². The second kappa shape index (κ2) is 16.3. The molecule has 0 spiro atoms. The number of rotatable bonds is 18. The normalized spacial score (nSPS) is 11.4. The molecule has 0 atom stereocenters. The van der Waals surface area contributed by atoms with E-state index in [9.17, 15) is 4.79 Å². The standard InChI is InChI=1S/C30H46NO3/c1-4-5-6-7-8-12-19-28-20-13-14-21-29(28)33-24-16-25-34-30(32)22-15-23-31(2,3)26-27-17-10-9-11-18-27/h9-11,13-14,17-18,20-21H,4-8,12,15-16,19,22-26H2,1-3H3/q+1. The molecule has 0 aliphatic rings. The molecule has 0 bridgehead atoms. The summed E-state index contributed by atoms with van der Waals surface area (Å²) in [6.45, 7) is 5.15. The minimum absolute atomic E-state index is 0.108. The predicted molar refractivity (Wildman–Crippen MR) is 141 cm³/mol. The van der Waals surface area contributed by atoms with Gasteiger partial charge in [-0.3, -0.25) is 4.79 Å². The van der Waals surface area contributed by atoms with Gasteiger partial charge in [-0.15, -0.1) is 0 Å². The van der Waals surface area contributed by atoms with Gasteiger partial charge >= 0.3 is 5.97 Å². The highest BCUT2D eigenvalue weighted by Gasteiger charge is 2.16. The molecule has 34 heavy (non-hydrogen) atoms. The van der Waals surface area contributed by atoms with Gasteiger partial charge in [0.15, 0.2) is 0 Å². The maximum Gasteiger partial charge on any atom is 0.306 e. The molecule has 0 saturated heterocycles. The summed E-state index contributed by atoms with van der Waals surface area (Å²) in [5, 5.41) is 0. The molecule has 2 aromatic carbocycles. The van der Waals surface area contributed by atoms with Crippen LogP contribution in [0.3, 0.4) is 0 Å². The molecule has 0 saturated carbocycles. The van der Waals surface area contributed by atoms with Crippen molar-refractivity contribution in [1.29, 1.82) is 0 Å². The zero-order chi connectivity index (χ0) is 24.5.